The molecule has 3 heteroatoms. The lowest BCUT2D eigenvalue weighted by atomic mass is 9.99. The van der Waals surface area contributed by atoms with E-state index in [0.717, 1.165) is 25.0 Å². The molecule has 0 saturated heterocycles. The second-order valence-electron chi connectivity index (χ2n) is 4.84. The molecular formula is C15H24O3. The first-order valence-corrected chi connectivity index (χ1v) is 6.45. The molecule has 3 nitrogen and oxygen atoms in total. The van der Waals surface area contributed by atoms with E-state index in [1.54, 1.807) is 14.2 Å². The molecule has 1 N–H and O–H groups in total. The van der Waals surface area contributed by atoms with Crippen LogP contribution in [0.3, 0.4) is 0 Å². The topological polar surface area (TPSA) is 38.7 Å². The Morgan fingerprint density at radius 1 is 1.17 bits per heavy atom. The van der Waals surface area contributed by atoms with E-state index in [-0.39, 0.29) is 6.10 Å². The van der Waals surface area contributed by atoms with Crippen LogP contribution < -0.4 is 4.74 Å². The predicted octanol–water partition coefficient (Wildman–Crippen LogP) is 2.66. The first kappa shape index (κ1) is 15.0. The fraction of sp³-hybridized carbons (Fsp3) is 0.600. The van der Waals surface area contributed by atoms with Crippen LogP contribution in [0.15, 0.2) is 24.3 Å². The second kappa shape index (κ2) is 8.11. The van der Waals surface area contributed by atoms with Gasteiger partial charge in [0.2, 0.25) is 0 Å². The van der Waals surface area contributed by atoms with Gasteiger partial charge in [-0.25, -0.2) is 0 Å². The third kappa shape index (κ3) is 5.52. The van der Waals surface area contributed by atoms with E-state index < -0.39 is 0 Å². The van der Waals surface area contributed by atoms with Gasteiger partial charge in [0, 0.05) is 13.7 Å². The average Bonchev–Trinajstić information content (AvgIpc) is 2.37. The highest BCUT2D eigenvalue weighted by atomic mass is 16.5. The maximum atomic E-state index is 9.93. The van der Waals surface area contributed by atoms with Crippen molar-refractivity contribution in [2.45, 2.75) is 32.3 Å². The number of benzene rings is 1. The SMILES string of the molecule is COCC(C)CC(O)CCc1ccc(OC)cc1. The summed E-state index contributed by atoms with van der Waals surface area (Å²) in [6.45, 7) is 2.81. The van der Waals surface area contributed by atoms with E-state index in [4.69, 9.17) is 9.47 Å². The van der Waals surface area contributed by atoms with Crippen molar-refractivity contribution in [1.82, 2.24) is 0 Å². The minimum absolute atomic E-state index is 0.253. The van der Waals surface area contributed by atoms with Crippen LogP contribution in [0.5, 0.6) is 5.75 Å². The van der Waals surface area contributed by atoms with Crippen LogP contribution in [-0.2, 0) is 11.2 Å². The summed E-state index contributed by atoms with van der Waals surface area (Å²) in [5.41, 5.74) is 1.23. The van der Waals surface area contributed by atoms with Gasteiger partial charge in [-0.05, 0) is 42.9 Å². The number of aryl methyl sites for hydroxylation is 1. The van der Waals surface area contributed by atoms with Gasteiger partial charge in [-0.3, -0.25) is 0 Å². The highest BCUT2D eigenvalue weighted by Gasteiger charge is 2.10. The van der Waals surface area contributed by atoms with Gasteiger partial charge in [-0.1, -0.05) is 19.1 Å². The second-order valence-corrected chi connectivity index (χ2v) is 4.84. The van der Waals surface area contributed by atoms with Gasteiger partial charge in [0.05, 0.1) is 13.2 Å². The highest BCUT2D eigenvalue weighted by molar-refractivity contribution is 5.27. The van der Waals surface area contributed by atoms with Crippen molar-refractivity contribution in [2.75, 3.05) is 20.8 Å². The summed E-state index contributed by atoms with van der Waals surface area (Å²) in [4.78, 5) is 0. The third-order valence-electron chi connectivity index (χ3n) is 3.05. The molecule has 0 aromatic heterocycles. The van der Waals surface area contributed by atoms with E-state index in [2.05, 4.69) is 6.92 Å². The molecule has 1 aromatic rings. The van der Waals surface area contributed by atoms with Crippen molar-refractivity contribution < 1.29 is 14.6 Å². The van der Waals surface area contributed by atoms with Crippen LogP contribution in [0.4, 0.5) is 0 Å². The van der Waals surface area contributed by atoms with Crippen LogP contribution in [-0.4, -0.2) is 32.0 Å². The lowest BCUT2D eigenvalue weighted by Crippen LogP contribution is -2.15. The molecular weight excluding hydrogens is 228 g/mol. The number of methoxy groups -OCH3 is 2. The van der Waals surface area contributed by atoms with Crippen LogP contribution in [0.1, 0.15) is 25.3 Å². The summed E-state index contributed by atoms with van der Waals surface area (Å²) in [6.07, 6.45) is 2.23. The fourth-order valence-corrected chi connectivity index (χ4v) is 2.06. The molecule has 0 amide bonds. The van der Waals surface area contributed by atoms with Crippen molar-refractivity contribution in [3.05, 3.63) is 29.8 Å². The van der Waals surface area contributed by atoms with Gasteiger partial charge >= 0.3 is 0 Å². The Morgan fingerprint density at radius 2 is 1.83 bits per heavy atom. The molecule has 0 fully saturated rings. The number of aliphatic hydroxyl groups is 1. The van der Waals surface area contributed by atoms with Crippen molar-refractivity contribution in [3.8, 4) is 5.75 Å². The van der Waals surface area contributed by atoms with Gasteiger partial charge < -0.3 is 14.6 Å². The molecule has 0 radical (unpaired) electrons. The Labute approximate surface area is 110 Å². The highest BCUT2D eigenvalue weighted by Crippen LogP contribution is 2.15. The first-order chi connectivity index (χ1) is 8.65. The summed E-state index contributed by atoms with van der Waals surface area (Å²) >= 11 is 0. The van der Waals surface area contributed by atoms with Crippen LogP contribution in [0.25, 0.3) is 0 Å². The summed E-state index contributed by atoms with van der Waals surface area (Å²) in [5.74, 6) is 1.27. The molecule has 2 unspecified atom stereocenters. The number of hydrogen-bond donors (Lipinski definition) is 1. The minimum Gasteiger partial charge on any atom is -0.497 e. The smallest absolute Gasteiger partial charge is 0.118 e. The number of aliphatic hydroxyl groups excluding tert-OH is 1. The fourth-order valence-electron chi connectivity index (χ4n) is 2.06. The molecule has 0 aliphatic rings. The van der Waals surface area contributed by atoms with E-state index in [9.17, 15) is 5.11 Å². The zero-order chi connectivity index (χ0) is 13.4. The molecule has 1 rings (SSSR count). The van der Waals surface area contributed by atoms with E-state index in [0.29, 0.717) is 12.5 Å². The first-order valence-electron chi connectivity index (χ1n) is 6.45. The normalized spacial score (nSPS) is 14.2. The van der Waals surface area contributed by atoms with Crippen molar-refractivity contribution in [2.24, 2.45) is 5.92 Å². The molecule has 102 valence electrons. The Bertz CT molecular complexity index is 321. The standard InChI is InChI=1S/C15H24O3/c1-12(11-17-2)10-14(16)7-4-13-5-8-15(18-3)9-6-13/h5-6,8-9,12,14,16H,4,7,10-11H2,1-3H3. The largest absolute Gasteiger partial charge is 0.497 e. The maximum Gasteiger partial charge on any atom is 0.118 e. The van der Waals surface area contributed by atoms with Gasteiger partial charge in [0.1, 0.15) is 5.75 Å². The monoisotopic (exact) mass is 252 g/mol. The van der Waals surface area contributed by atoms with E-state index in [1.165, 1.54) is 5.56 Å². The summed E-state index contributed by atoms with van der Waals surface area (Å²) < 4.78 is 10.2. The Hall–Kier alpha value is -1.06. The van der Waals surface area contributed by atoms with Gasteiger partial charge in [0.25, 0.3) is 0 Å². The summed E-state index contributed by atoms with van der Waals surface area (Å²) in [6, 6.07) is 8.00. The molecule has 0 aliphatic carbocycles. The van der Waals surface area contributed by atoms with Crippen LogP contribution in [0, 0.1) is 5.92 Å². The Morgan fingerprint density at radius 3 is 2.39 bits per heavy atom. The predicted molar refractivity (Wildman–Crippen MR) is 73.0 cm³/mol. The quantitative estimate of drug-likeness (QED) is 0.773. The van der Waals surface area contributed by atoms with Crippen molar-refractivity contribution >= 4 is 0 Å². The zero-order valence-electron chi connectivity index (χ0n) is 11.6. The van der Waals surface area contributed by atoms with E-state index in [1.807, 2.05) is 24.3 Å². The van der Waals surface area contributed by atoms with Crippen LogP contribution >= 0.6 is 0 Å². The van der Waals surface area contributed by atoms with Gasteiger partial charge in [-0.2, -0.15) is 0 Å². The molecule has 1 aromatic carbocycles. The van der Waals surface area contributed by atoms with Crippen molar-refractivity contribution in [1.29, 1.82) is 0 Å². The molecule has 2 atom stereocenters. The average molecular weight is 252 g/mol. The Kier molecular flexibility index (Phi) is 6.76. The third-order valence-corrected chi connectivity index (χ3v) is 3.05. The molecule has 0 bridgehead atoms. The van der Waals surface area contributed by atoms with E-state index >= 15 is 0 Å². The maximum absolute atomic E-state index is 9.93. The number of ether oxygens (including phenoxy) is 2. The molecule has 0 aliphatic heterocycles. The lowest BCUT2D eigenvalue weighted by Gasteiger charge is -2.15. The summed E-state index contributed by atoms with van der Waals surface area (Å²) in [5, 5.41) is 9.93. The van der Waals surface area contributed by atoms with Gasteiger partial charge in [0.15, 0.2) is 0 Å². The molecule has 0 saturated carbocycles. The molecule has 0 spiro atoms. The number of rotatable bonds is 8. The molecule has 0 heterocycles. The van der Waals surface area contributed by atoms with Gasteiger partial charge in [-0.15, -0.1) is 0 Å². The Balaban J connectivity index is 2.30. The lowest BCUT2D eigenvalue weighted by molar-refractivity contribution is 0.0967. The van der Waals surface area contributed by atoms with Crippen LogP contribution in [0.2, 0.25) is 0 Å². The van der Waals surface area contributed by atoms with Crippen molar-refractivity contribution in [3.63, 3.8) is 0 Å². The summed E-state index contributed by atoms with van der Waals surface area (Å²) in [7, 11) is 3.36. The zero-order valence-corrected chi connectivity index (χ0v) is 11.6. The molecule has 18 heavy (non-hydrogen) atoms. The minimum atomic E-state index is -0.253. The number of hydrogen-bond acceptors (Lipinski definition) is 3.